The van der Waals surface area contributed by atoms with E-state index in [0.29, 0.717) is 0 Å². The summed E-state index contributed by atoms with van der Waals surface area (Å²) in [4.78, 5) is 0. The maximum absolute atomic E-state index is 2.54. The molecule has 0 aliphatic heterocycles. The van der Waals surface area contributed by atoms with Crippen molar-refractivity contribution >= 4 is 32.3 Å². The van der Waals surface area contributed by atoms with Crippen LogP contribution in [0.2, 0.25) is 0 Å². The summed E-state index contributed by atoms with van der Waals surface area (Å²) < 4.78 is 0. The summed E-state index contributed by atoms with van der Waals surface area (Å²) in [6.45, 7) is 4.77. The molecule has 0 fully saturated rings. The second-order valence-electron chi connectivity index (χ2n) is 18.6. The van der Waals surface area contributed by atoms with Crippen molar-refractivity contribution in [2.45, 2.75) is 24.7 Å². The molecular weight excluding hydrogens is 769 g/mol. The second kappa shape index (κ2) is 12.9. The Bertz CT molecular complexity index is 3700. The average molecular weight is 811 g/mol. The third-order valence-corrected chi connectivity index (χ3v) is 15.3. The third-order valence-electron chi connectivity index (χ3n) is 15.3. The molecule has 0 heteroatoms. The van der Waals surface area contributed by atoms with E-state index in [-0.39, 0.29) is 5.41 Å². The molecule has 64 heavy (non-hydrogen) atoms. The van der Waals surface area contributed by atoms with E-state index in [4.69, 9.17) is 0 Å². The Morgan fingerprint density at radius 1 is 0.250 bits per heavy atom. The van der Waals surface area contributed by atoms with Gasteiger partial charge in [0.05, 0.1) is 5.41 Å². The molecule has 0 unspecified atom stereocenters. The van der Waals surface area contributed by atoms with Crippen LogP contribution in [0.1, 0.15) is 47.2 Å². The van der Waals surface area contributed by atoms with Gasteiger partial charge in [0.1, 0.15) is 0 Å². The van der Waals surface area contributed by atoms with Gasteiger partial charge in [0.15, 0.2) is 0 Å². The summed E-state index contributed by atoms with van der Waals surface area (Å²) in [7, 11) is 0. The summed E-state index contributed by atoms with van der Waals surface area (Å²) in [6.07, 6.45) is 0. The lowest BCUT2D eigenvalue weighted by molar-refractivity contribution is 0.661. The Morgan fingerprint density at radius 3 is 1.30 bits per heavy atom. The van der Waals surface area contributed by atoms with Crippen molar-refractivity contribution in [3.8, 4) is 66.8 Å². The second-order valence-corrected chi connectivity index (χ2v) is 18.6. The fraction of sp³-hybridized carbons (Fsp3) is 0.0625. The molecule has 0 bridgehead atoms. The Labute approximate surface area is 373 Å². The Balaban J connectivity index is 0.997. The van der Waals surface area contributed by atoms with Crippen LogP contribution in [0.15, 0.2) is 218 Å². The molecule has 11 aromatic carbocycles. The lowest BCUT2D eigenvalue weighted by atomic mass is 9.70. The summed E-state index contributed by atoms with van der Waals surface area (Å²) in [5.41, 5.74) is 23.4. The third kappa shape index (κ3) is 4.52. The molecule has 0 radical (unpaired) electrons. The van der Waals surface area contributed by atoms with Gasteiger partial charge in [0, 0.05) is 5.41 Å². The highest BCUT2D eigenvalue weighted by atomic mass is 14.5. The van der Waals surface area contributed by atoms with Gasteiger partial charge >= 0.3 is 0 Å². The highest BCUT2D eigenvalue weighted by molar-refractivity contribution is 6.22. The van der Waals surface area contributed by atoms with E-state index in [2.05, 4.69) is 232 Å². The van der Waals surface area contributed by atoms with Crippen molar-refractivity contribution in [3.63, 3.8) is 0 Å². The first-order valence-corrected chi connectivity index (χ1v) is 22.7. The van der Waals surface area contributed by atoms with Gasteiger partial charge in [-0.3, -0.25) is 0 Å². The number of benzene rings is 11. The highest BCUT2D eigenvalue weighted by Crippen LogP contribution is 2.63. The number of hydrogen-bond acceptors (Lipinski definition) is 0. The van der Waals surface area contributed by atoms with E-state index in [0.717, 1.165) is 0 Å². The molecule has 0 atom stereocenters. The van der Waals surface area contributed by atoms with Crippen molar-refractivity contribution in [3.05, 3.63) is 252 Å². The van der Waals surface area contributed by atoms with Crippen molar-refractivity contribution < 1.29 is 0 Å². The fourth-order valence-electron chi connectivity index (χ4n) is 12.6. The Morgan fingerprint density at radius 2 is 0.688 bits per heavy atom. The van der Waals surface area contributed by atoms with Crippen molar-refractivity contribution in [2.24, 2.45) is 0 Å². The quantitative estimate of drug-likeness (QED) is 0.156. The SMILES string of the molecule is CC1(C)c2cccc(-c3cccc(-c4c5ccccc5c(-c5ccc6c(c5)C5(c7ccccc7-c7ccccc75)c5ccccc5-6)c5ccccc45)c3)c2-c2c1ccc1ccccc21. The molecule has 0 aromatic heterocycles. The van der Waals surface area contributed by atoms with Gasteiger partial charge in [0.25, 0.3) is 0 Å². The van der Waals surface area contributed by atoms with Crippen LogP contribution in [0.3, 0.4) is 0 Å². The molecule has 1 spiro atoms. The first-order chi connectivity index (χ1) is 31.5. The fourth-order valence-corrected chi connectivity index (χ4v) is 12.6. The highest BCUT2D eigenvalue weighted by Gasteiger charge is 2.51. The molecule has 0 nitrogen and oxygen atoms in total. The first-order valence-electron chi connectivity index (χ1n) is 22.7. The van der Waals surface area contributed by atoms with Crippen molar-refractivity contribution in [1.82, 2.24) is 0 Å². The van der Waals surface area contributed by atoms with E-state index >= 15 is 0 Å². The van der Waals surface area contributed by atoms with Gasteiger partial charge in [-0.1, -0.05) is 220 Å². The molecule has 0 saturated heterocycles. The molecule has 0 saturated carbocycles. The zero-order chi connectivity index (χ0) is 42.3. The minimum absolute atomic E-state index is 0.102. The average Bonchev–Trinajstić information content (AvgIpc) is 3.91. The predicted molar refractivity (Wildman–Crippen MR) is 269 cm³/mol. The number of fused-ring (bicyclic) bond motifs is 17. The summed E-state index contributed by atoms with van der Waals surface area (Å²) in [6, 6.07) is 82.7. The normalized spacial score (nSPS) is 14.3. The maximum Gasteiger partial charge on any atom is 0.0725 e. The Kier molecular flexibility index (Phi) is 7.20. The summed E-state index contributed by atoms with van der Waals surface area (Å²) >= 11 is 0. The lowest BCUT2D eigenvalue weighted by Crippen LogP contribution is -2.25. The smallest absolute Gasteiger partial charge is 0.0619 e. The van der Waals surface area contributed by atoms with E-state index < -0.39 is 5.41 Å². The van der Waals surface area contributed by atoms with E-state index in [9.17, 15) is 0 Å². The first kappa shape index (κ1) is 35.8. The van der Waals surface area contributed by atoms with Gasteiger partial charge in [0.2, 0.25) is 0 Å². The topological polar surface area (TPSA) is 0 Å². The van der Waals surface area contributed by atoms with Gasteiger partial charge < -0.3 is 0 Å². The monoisotopic (exact) mass is 810 g/mol. The van der Waals surface area contributed by atoms with Crippen molar-refractivity contribution in [2.75, 3.05) is 0 Å². The zero-order valence-corrected chi connectivity index (χ0v) is 35.8. The maximum atomic E-state index is 2.54. The molecule has 0 amide bonds. The molecule has 0 N–H and O–H groups in total. The largest absolute Gasteiger partial charge is 0.0725 e. The molecule has 3 aliphatic carbocycles. The summed E-state index contributed by atoms with van der Waals surface area (Å²) in [5, 5.41) is 7.67. The van der Waals surface area contributed by atoms with Crippen LogP contribution >= 0.6 is 0 Å². The van der Waals surface area contributed by atoms with Crippen LogP contribution in [0.5, 0.6) is 0 Å². The van der Waals surface area contributed by atoms with E-state index in [1.165, 1.54) is 132 Å². The predicted octanol–water partition coefficient (Wildman–Crippen LogP) is 16.8. The van der Waals surface area contributed by atoms with E-state index in [1.54, 1.807) is 0 Å². The molecule has 0 heterocycles. The Hall–Kier alpha value is -7.80. The van der Waals surface area contributed by atoms with Crippen LogP contribution < -0.4 is 0 Å². The number of hydrogen-bond donors (Lipinski definition) is 0. The van der Waals surface area contributed by atoms with Crippen molar-refractivity contribution in [1.29, 1.82) is 0 Å². The molecule has 14 rings (SSSR count). The van der Waals surface area contributed by atoms with Gasteiger partial charge in [-0.05, 0) is 145 Å². The lowest BCUT2D eigenvalue weighted by Gasteiger charge is -2.30. The van der Waals surface area contributed by atoms with Crippen LogP contribution in [-0.2, 0) is 10.8 Å². The molecule has 11 aromatic rings. The van der Waals surface area contributed by atoms with Gasteiger partial charge in [-0.25, -0.2) is 0 Å². The van der Waals surface area contributed by atoms with Crippen LogP contribution in [0.25, 0.3) is 99.1 Å². The van der Waals surface area contributed by atoms with Crippen LogP contribution in [0, 0.1) is 0 Å². The number of rotatable bonds is 3. The minimum atomic E-state index is -0.402. The summed E-state index contributed by atoms with van der Waals surface area (Å²) in [5.74, 6) is 0. The molecule has 3 aliphatic rings. The van der Waals surface area contributed by atoms with Crippen LogP contribution in [-0.4, -0.2) is 0 Å². The van der Waals surface area contributed by atoms with Crippen LogP contribution in [0.4, 0.5) is 0 Å². The zero-order valence-electron chi connectivity index (χ0n) is 35.8. The van der Waals surface area contributed by atoms with Gasteiger partial charge in [-0.2, -0.15) is 0 Å². The van der Waals surface area contributed by atoms with E-state index in [1.807, 2.05) is 0 Å². The molecule has 298 valence electrons. The minimum Gasteiger partial charge on any atom is -0.0619 e. The van der Waals surface area contributed by atoms with Gasteiger partial charge in [-0.15, -0.1) is 0 Å². The molecular formula is C64H42. The standard InChI is InChI=1S/C64H42/c1-63(2)56-32-16-28-44(62(56)61-43-20-4-3-17-39(43)34-36-57(61)63)40-18-15-19-41(37-40)59-49-24-5-7-26-51(49)60(52-27-8-6-25-50(52)59)42-33-35-48-47-23-11-14-31-55(47)64(58(48)38-42)53-29-12-9-21-45(53)46-22-10-13-30-54(46)64/h3-38H,1-2H3.